The Morgan fingerprint density at radius 2 is 2.80 bits per heavy atom. The van der Waals surface area contributed by atoms with E-state index in [1.165, 1.54) is 10.9 Å². The summed E-state index contributed by atoms with van der Waals surface area (Å²) in [5.41, 5.74) is 0. The Balaban J connectivity index is 2.32. The average molecular weight is 183 g/mol. The van der Waals surface area contributed by atoms with E-state index < -0.39 is 0 Å². The normalized spacial score (nSPS) is 20.8. The van der Waals surface area contributed by atoms with Crippen LogP contribution in [0.15, 0.2) is 3.24 Å². The van der Waals surface area contributed by atoms with Crippen LogP contribution in [-0.2, 0) is 0 Å². The molecule has 0 atom stereocenters. The van der Waals surface area contributed by atoms with Crippen LogP contribution in [0.5, 0.6) is 0 Å². The molecule has 0 aromatic rings. The van der Waals surface area contributed by atoms with Gasteiger partial charge in [0.05, 0.1) is 0 Å². The van der Waals surface area contributed by atoms with Gasteiger partial charge in [0.25, 0.3) is 0 Å². The standard InChI is InChI=1S/C3H5NTe/c1-2-4-5-3-1/h2H,1,3H2. The van der Waals surface area contributed by atoms with Crippen molar-refractivity contribution in [3.05, 3.63) is 0 Å². The van der Waals surface area contributed by atoms with Gasteiger partial charge >= 0.3 is 41.5 Å². The Morgan fingerprint density at radius 1 is 1.80 bits per heavy atom. The quantitative estimate of drug-likeness (QED) is 0.484. The Morgan fingerprint density at radius 3 is 3.00 bits per heavy atom. The average Bonchev–Trinajstić information content (AvgIpc) is 1.76. The molecule has 5 heavy (non-hydrogen) atoms. The van der Waals surface area contributed by atoms with Crippen molar-refractivity contribution in [3.63, 3.8) is 0 Å². The molecule has 0 aromatic carbocycles. The fourth-order valence-corrected chi connectivity index (χ4v) is 1.77. The molecule has 0 amide bonds. The van der Waals surface area contributed by atoms with Gasteiger partial charge in [0.2, 0.25) is 0 Å². The van der Waals surface area contributed by atoms with Gasteiger partial charge in [-0.3, -0.25) is 0 Å². The second kappa shape index (κ2) is 1.79. The summed E-state index contributed by atoms with van der Waals surface area (Å²) in [5, 5.41) is 0. The molecule has 0 fully saturated rings. The zero-order chi connectivity index (χ0) is 3.54. The number of nitrogens with zero attached hydrogens (tertiary/aromatic N) is 1. The van der Waals surface area contributed by atoms with Crippen LogP contribution in [0, 0.1) is 0 Å². The van der Waals surface area contributed by atoms with Gasteiger partial charge in [0.15, 0.2) is 0 Å². The molecule has 0 aromatic heterocycles. The first-order valence-electron chi connectivity index (χ1n) is 1.64. The van der Waals surface area contributed by atoms with Gasteiger partial charge in [0, 0.05) is 0 Å². The van der Waals surface area contributed by atoms with Crippen LogP contribution in [0.25, 0.3) is 0 Å². The topological polar surface area (TPSA) is 12.4 Å². The summed E-state index contributed by atoms with van der Waals surface area (Å²) in [7, 11) is 0. The van der Waals surface area contributed by atoms with Gasteiger partial charge in [-0.1, -0.05) is 0 Å². The van der Waals surface area contributed by atoms with Crippen LogP contribution in [0.4, 0.5) is 0 Å². The third-order valence-corrected chi connectivity index (χ3v) is 2.53. The molecule has 1 nitrogen and oxygen atoms in total. The van der Waals surface area contributed by atoms with Crippen LogP contribution in [-0.4, -0.2) is 27.4 Å². The third kappa shape index (κ3) is 0.905. The molecule has 0 radical (unpaired) electrons. The second-order valence-electron chi connectivity index (χ2n) is 0.910. The Hall–Kier alpha value is 0.460. The molecule has 0 saturated carbocycles. The van der Waals surface area contributed by atoms with Crippen molar-refractivity contribution in [1.82, 2.24) is 0 Å². The molecule has 0 aliphatic carbocycles. The van der Waals surface area contributed by atoms with Crippen molar-refractivity contribution >= 4 is 27.4 Å². The first-order valence-corrected chi connectivity index (χ1v) is 4.33. The maximum atomic E-state index is 4.09. The van der Waals surface area contributed by atoms with Gasteiger partial charge in [-0.25, -0.2) is 0 Å². The summed E-state index contributed by atoms with van der Waals surface area (Å²) in [4.78, 5) is 0. The van der Waals surface area contributed by atoms with Gasteiger partial charge < -0.3 is 0 Å². The SMILES string of the molecule is C1=N[Te]CC1. The van der Waals surface area contributed by atoms with Crippen molar-refractivity contribution in [2.45, 2.75) is 10.9 Å². The van der Waals surface area contributed by atoms with Crippen molar-refractivity contribution in [2.24, 2.45) is 3.24 Å². The number of hydrogen-bond donors (Lipinski definition) is 0. The fraction of sp³-hybridized carbons (Fsp3) is 0.667. The molecule has 0 bridgehead atoms. The van der Waals surface area contributed by atoms with Gasteiger partial charge in [0.1, 0.15) is 0 Å². The molecule has 0 saturated heterocycles. The zero-order valence-electron chi connectivity index (χ0n) is 2.85. The van der Waals surface area contributed by atoms with E-state index in [-0.39, 0.29) is 21.2 Å². The minimum absolute atomic E-state index is 0.174. The van der Waals surface area contributed by atoms with E-state index in [1.54, 1.807) is 0 Å². The Bertz CT molecular complexity index is 44.9. The monoisotopic (exact) mass is 185 g/mol. The number of hydrogen-bond acceptors (Lipinski definition) is 1. The first kappa shape index (κ1) is 3.64. The van der Waals surface area contributed by atoms with Crippen molar-refractivity contribution < 1.29 is 0 Å². The summed E-state index contributed by atoms with van der Waals surface area (Å²) in [6.07, 6.45) is 3.31. The van der Waals surface area contributed by atoms with E-state index in [2.05, 4.69) is 3.24 Å². The molecular weight excluding hydrogens is 178 g/mol. The summed E-state index contributed by atoms with van der Waals surface area (Å²) < 4.78 is 5.50. The Labute approximate surface area is 41.9 Å². The van der Waals surface area contributed by atoms with Crippen LogP contribution < -0.4 is 0 Å². The molecule has 0 unspecified atom stereocenters. The second-order valence-corrected chi connectivity index (χ2v) is 3.41. The zero-order valence-corrected chi connectivity index (χ0v) is 5.18. The van der Waals surface area contributed by atoms with Crippen LogP contribution in [0.3, 0.4) is 0 Å². The van der Waals surface area contributed by atoms with Crippen LogP contribution in [0.2, 0.25) is 4.47 Å². The summed E-state index contributed by atoms with van der Waals surface area (Å²) in [5.74, 6) is 0. The van der Waals surface area contributed by atoms with E-state index in [0.717, 1.165) is 0 Å². The summed E-state index contributed by atoms with van der Waals surface area (Å²) >= 11 is 0.174. The van der Waals surface area contributed by atoms with E-state index in [0.29, 0.717) is 0 Å². The Kier molecular flexibility index (Phi) is 1.30. The first-order chi connectivity index (χ1) is 2.50. The molecule has 28 valence electrons. The van der Waals surface area contributed by atoms with Crippen LogP contribution >= 0.6 is 0 Å². The molecule has 0 spiro atoms. The molecule has 2 heteroatoms. The van der Waals surface area contributed by atoms with Crippen molar-refractivity contribution in [2.75, 3.05) is 0 Å². The van der Waals surface area contributed by atoms with E-state index in [4.69, 9.17) is 0 Å². The maximum absolute atomic E-state index is 4.09. The molecule has 1 rings (SSSR count). The van der Waals surface area contributed by atoms with Crippen molar-refractivity contribution in [1.29, 1.82) is 0 Å². The molecule has 1 aliphatic heterocycles. The number of rotatable bonds is 0. The molecule has 1 aliphatic rings. The van der Waals surface area contributed by atoms with Gasteiger partial charge in [-0.15, -0.1) is 0 Å². The predicted octanol–water partition coefficient (Wildman–Crippen LogP) is 0.498. The van der Waals surface area contributed by atoms with Crippen molar-refractivity contribution in [3.8, 4) is 0 Å². The van der Waals surface area contributed by atoms with E-state index in [9.17, 15) is 0 Å². The summed E-state index contributed by atoms with van der Waals surface area (Å²) in [6.45, 7) is 0. The predicted molar refractivity (Wildman–Crippen MR) is 23.7 cm³/mol. The summed E-state index contributed by atoms with van der Waals surface area (Å²) in [6, 6.07) is 0. The molecule has 1 heterocycles. The van der Waals surface area contributed by atoms with Gasteiger partial charge in [-0.05, 0) is 0 Å². The fourth-order valence-electron chi connectivity index (χ4n) is 0.264. The molecular formula is C3H5NTe. The molecule has 0 N–H and O–H groups in total. The third-order valence-electron chi connectivity index (χ3n) is 0.487. The van der Waals surface area contributed by atoms with E-state index in [1.807, 2.05) is 6.21 Å². The van der Waals surface area contributed by atoms with E-state index >= 15 is 0 Å². The van der Waals surface area contributed by atoms with Gasteiger partial charge in [-0.2, -0.15) is 0 Å². The van der Waals surface area contributed by atoms with Crippen LogP contribution in [0.1, 0.15) is 6.42 Å². The minimum atomic E-state index is 0.174.